The van der Waals surface area contributed by atoms with Crippen LogP contribution in [-0.2, 0) is 18.4 Å². The number of nitrogens with zero attached hydrogens (tertiary/aromatic N) is 3. The molecule has 0 radical (unpaired) electrons. The van der Waals surface area contributed by atoms with Gasteiger partial charge in [0.1, 0.15) is 0 Å². The molecule has 3 N–H and O–H groups in total. The van der Waals surface area contributed by atoms with Gasteiger partial charge in [-0.2, -0.15) is 5.10 Å². The molecule has 1 amide bonds. The molecule has 6 heteroatoms. The Bertz CT molecular complexity index is 749. The summed E-state index contributed by atoms with van der Waals surface area (Å²) in [6, 6.07) is 9.75. The third kappa shape index (κ3) is 3.23. The average molecular weight is 325 g/mol. The number of hydrazine groups is 1. The molecule has 1 aliphatic heterocycles. The quantitative estimate of drug-likeness (QED) is 0.653. The van der Waals surface area contributed by atoms with Gasteiger partial charge in [0.25, 0.3) is 5.91 Å². The molecule has 0 fully saturated rings. The van der Waals surface area contributed by atoms with E-state index in [9.17, 15) is 4.79 Å². The van der Waals surface area contributed by atoms with Gasteiger partial charge in [0.2, 0.25) is 0 Å². The molecular weight excluding hydrogens is 302 g/mol. The predicted octanol–water partition coefficient (Wildman–Crippen LogP) is 2.26. The molecule has 0 saturated carbocycles. The summed E-state index contributed by atoms with van der Waals surface area (Å²) in [5.41, 5.74) is 6.43. The highest BCUT2D eigenvalue weighted by atomic mass is 16.2. The van der Waals surface area contributed by atoms with Crippen LogP contribution in [0.1, 0.15) is 48.0 Å². The fraction of sp³-hybridized carbons (Fsp3) is 0.389. The summed E-state index contributed by atoms with van der Waals surface area (Å²) in [6.07, 6.45) is 0.707. The van der Waals surface area contributed by atoms with Gasteiger partial charge in [-0.1, -0.05) is 32.9 Å². The third-order valence-electron chi connectivity index (χ3n) is 4.37. The first-order valence-corrected chi connectivity index (χ1v) is 8.10. The number of hydrogen-bond acceptors (Lipinski definition) is 5. The van der Waals surface area contributed by atoms with E-state index in [4.69, 9.17) is 5.84 Å². The zero-order chi connectivity index (χ0) is 17.3. The number of rotatable bonds is 2. The number of hydrogen-bond donors (Lipinski definition) is 2. The number of aromatic nitrogens is 2. The molecule has 6 nitrogen and oxygen atoms in total. The van der Waals surface area contributed by atoms with Gasteiger partial charge >= 0.3 is 0 Å². The summed E-state index contributed by atoms with van der Waals surface area (Å²) >= 11 is 0. The summed E-state index contributed by atoms with van der Waals surface area (Å²) < 4.78 is 0. The van der Waals surface area contributed by atoms with Crippen molar-refractivity contribution < 1.29 is 4.79 Å². The number of nitrogens with one attached hydrogen (secondary N) is 1. The molecule has 3 rings (SSSR count). The van der Waals surface area contributed by atoms with Crippen LogP contribution in [0.5, 0.6) is 0 Å². The number of anilines is 1. The van der Waals surface area contributed by atoms with Crippen LogP contribution in [0.4, 0.5) is 5.82 Å². The highest BCUT2D eigenvalue weighted by Gasteiger charge is 2.24. The fourth-order valence-corrected chi connectivity index (χ4v) is 2.87. The summed E-state index contributed by atoms with van der Waals surface area (Å²) in [4.78, 5) is 14.6. The average Bonchev–Trinajstić information content (AvgIpc) is 2.59. The van der Waals surface area contributed by atoms with E-state index < -0.39 is 0 Å². The smallest absolute Gasteiger partial charge is 0.254 e. The summed E-state index contributed by atoms with van der Waals surface area (Å²) in [7, 11) is 0. The van der Waals surface area contributed by atoms with E-state index in [-0.39, 0.29) is 11.3 Å². The van der Waals surface area contributed by atoms with Crippen LogP contribution in [0.3, 0.4) is 0 Å². The minimum atomic E-state index is 0.0418. The van der Waals surface area contributed by atoms with Crippen molar-refractivity contribution in [1.82, 2.24) is 15.1 Å². The molecule has 2 aromatic rings. The Morgan fingerprint density at radius 1 is 1.21 bits per heavy atom. The number of nitrogen functional groups attached to an aromatic ring is 1. The third-order valence-corrected chi connectivity index (χ3v) is 4.37. The number of nitrogens with two attached hydrogens (primary N) is 1. The van der Waals surface area contributed by atoms with E-state index in [2.05, 4.69) is 36.4 Å². The van der Waals surface area contributed by atoms with Crippen molar-refractivity contribution in [3.05, 3.63) is 52.7 Å². The predicted molar refractivity (Wildman–Crippen MR) is 93.4 cm³/mol. The molecule has 0 aliphatic carbocycles. The lowest BCUT2D eigenvalue weighted by molar-refractivity contribution is 0.0733. The van der Waals surface area contributed by atoms with Crippen LogP contribution in [0.15, 0.2) is 30.3 Å². The molecule has 24 heavy (non-hydrogen) atoms. The lowest BCUT2D eigenvalue weighted by Crippen LogP contribution is -2.36. The van der Waals surface area contributed by atoms with E-state index in [1.165, 1.54) is 5.56 Å². The van der Waals surface area contributed by atoms with Gasteiger partial charge in [-0.15, -0.1) is 5.10 Å². The zero-order valence-electron chi connectivity index (χ0n) is 14.3. The Morgan fingerprint density at radius 2 is 1.92 bits per heavy atom. The molecule has 0 atom stereocenters. The van der Waals surface area contributed by atoms with Crippen molar-refractivity contribution in [3.63, 3.8) is 0 Å². The van der Waals surface area contributed by atoms with Gasteiger partial charge in [0, 0.05) is 25.1 Å². The maximum absolute atomic E-state index is 12.8. The Labute approximate surface area is 142 Å². The molecule has 2 heterocycles. The van der Waals surface area contributed by atoms with E-state index in [0.717, 1.165) is 11.3 Å². The standard InChI is InChI=1S/C18H23N5O/c1-18(2,3)14-6-4-12(5-7-14)17(24)23-9-8-15-13(11-23)10-16(20-19)22-21-15/h4-7,10H,8-9,11,19H2,1-3H3,(H,20,22). The van der Waals surface area contributed by atoms with Crippen LogP contribution in [0.2, 0.25) is 0 Å². The van der Waals surface area contributed by atoms with Crippen molar-refractivity contribution in [2.75, 3.05) is 12.0 Å². The monoisotopic (exact) mass is 325 g/mol. The highest BCUT2D eigenvalue weighted by molar-refractivity contribution is 5.94. The van der Waals surface area contributed by atoms with Gasteiger partial charge in [0.15, 0.2) is 5.82 Å². The van der Waals surface area contributed by atoms with Crippen molar-refractivity contribution in [2.45, 2.75) is 39.2 Å². The van der Waals surface area contributed by atoms with Crippen LogP contribution in [0, 0.1) is 0 Å². The lowest BCUT2D eigenvalue weighted by atomic mass is 9.86. The Hall–Kier alpha value is -2.47. The van der Waals surface area contributed by atoms with Gasteiger partial charge < -0.3 is 10.3 Å². The van der Waals surface area contributed by atoms with Crippen molar-refractivity contribution >= 4 is 11.7 Å². The van der Waals surface area contributed by atoms with Crippen LogP contribution < -0.4 is 11.3 Å². The molecule has 1 aliphatic rings. The molecule has 0 bridgehead atoms. The summed E-state index contributed by atoms with van der Waals surface area (Å²) in [5.74, 6) is 5.94. The maximum Gasteiger partial charge on any atom is 0.254 e. The van der Waals surface area contributed by atoms with Gasteiger partial charge in [-0.05, 0) is 34.7 Å². The zero-order valence-corrected chi connectivity index (χ0v) is 14.3. The molecule has 1 aromatic heterocycles. The first-order chi connectivity index (χ1) is 11.4. The van der Waals surface area contributed by atoms with Gasteiger partial charge in [0.05, 0.1) is 5.69 Å². The summed E-state index contributed by atoms with van der Waals surface area (Å²) in [5, 5.41) is 8.15. The van der Waals surface area contributed by atoms with Gasteiger partial charge in [-0.25, -0.2) is 5.84 Å². The normalized spacial score (nSPS) is 14.2. The molecular formula is C18H23N5O. The Kier molecular flexibility index (Phi) is 4.24. The van der Waals surface area contributed by atoms with E-state index in [0.29, 0.717) is 30.9 Å². The van der Waals surface area contributed by atoms with E-state index in [1.54, 1.807) is 0 Å². The number of carbonyl (C=O) groups excluding carboxylic acids is 1. The second-order valence-electron chi connectivity index (χ2n) is 7.15. The van der Waals surface area contributed by atoms with E-state index >= 15 is 0 Å². The maximum atomic E-state index is 12.8. The van der Waals surface area contributed by atoms with Crippen LogP contribution in [-0.4, -0.2) is 27.5 Å². The number of amides is 1. The Balaban J connectivity index is 1.78. The second kappa shape index (κ2) is 6.20. The molecule has 126 valence electrons. The van der Waals surface area contributed by atoms with Crippen molar-refractivity contribution in [3.8, 4) is 0 Å². The molecule has 0 unspecified atom stereocenters. The lowest BCUT2D eigenvalue weighted by Gasteiger charge is -2.28. The Morgan fingerprint density at radius 3 is 2.54 bits per heavy atom. The number of benzene rings is 1. The molecule has 1 aromatic carbocycles. The minimum absolute atomic E-state index is 0.0418. The first-order valence-electron chi connectivity index (χ1n) is 8.10. The highest BCUT2D eigenvalue weighted by Crippen LogP contribution is 2.24. The largest absolute Gasteiger partial charge is 0.334 e. The molecule has 0 saturated heterocycles. The molecule has 0 spiro atoms. The van der Waals surface area contributed by atoms with Gasteiger partial charge in [-0.3, -0.25) is 4.79 Å². The fourth-order valence-electron chi connectivity index (χ4n) is 2.87. The minimum Gasteiger partial charge on any atom is -0.334 e. The summed E-state index contributed by atoms with van der Waals surface area (Å²) in [6.45, 7) is 7.66. The number of fused-ring (bicyclic) bond motifs is 1. The SMILES string of the molecule is CC(C)(C)c1ccc(C(=O)N2CCc3nnc(NN)cc3C2)cc1. The second-order valence-corrected chi connectivity index (χ2v) is 7.15. The van der Waals surface area contributed by atoms with E-state index in [1.807, 2.05) is 35.2 Å². The first kappa shape index (κ1) is 16.4. The van der Waals surface area contributed by atoms with Crippen molar-refractivity contribution in [2.24, 2.45) is 5.84 Å². The van der Waals surface area contributed by atoms with Crippen LogP contribution >= 0.6 is 0 Å². The van der Waals surface area contributed by atoms with Crippen molar-refractivity contribution in [1.29, 1.82) is 0 Å². The van der Waals surface area contributed by atoms with Crippen LogP contribution in [0.25, 0.3) is 0 Å². The number of carbonyl (C=O) groups is 1. The topological polar surface area (TPSA) is 84.1 Å².